The van der Waals surface area contributed by atoms with Crippen LogP contribution in [0.5, 0.6) is 0 Å². The molecule has 3 aliphatic rings. The van der Waals surface area contributed by atoms with E-state index in [1.54, 1.807) is 11.0 Å². The first kappa shape index (κ1) is 26.9. The number of carbonyl (C=O) groups excluding carboxylic acids is 3. The first-order chi connectivity index (χ1) is 17.2. The zero-order valence-electron chi connectivity index (χ0n) is 21.4. The lowest BCUT2D eigenvalue weighted by molar-refractivity contribution is -0.144. The van der Waals surface area contributed by atoms with Crippen LogP contribution in [0.4, 0.5) is 5.69 Å². The van der Waals surface area contributed by atoms with Gasteiger partial charge in [-0.05, 0) is 57.6 Å². The highest BCUT2D eigenvalue weighted by Crippen LogP contribution is 2.63. The number of hydrogen-bond acceptors (Lipinski definition) is 5. The predicted octanol–water partition coefficient (Wildman–Crippen LogP) is 3.43. The summed E-state index contributed by atoms with van der Waals surface area (Å²) in [4.78, 5) is 42.8. The Kier molecular flexibility index (Phi) is 7.98. The normalized spacial score (nSPS) is 30.5. The van der Waals surface area contributed by atoms with Crippen LogP contribution in [0.15, 0.2) is 18.2 Å². The number of benzene rings is 1. The standard InChI is InChI=1S/C27H38ClN3O5/c1-4-14-29-23(33)19-20-25(35)31(15-7-5-6-8-16-32)22(27(20)13-12-26(19,3)36-27)24(34)30-21-17(2)10-9-11-18(21)28/h9-11,19-20,22,32H,4-8,12-16H2,1-3H3,(H,29,33)(H,30,34)/t19-,20+,22?,26+,27?/m1/s1. The number of ether oxygens (including phenoxy) is 1. The van der Waals surface area contributed by atoms with E-state index in [4.69, 9.17) is 21.4 Å². The van der Waals surface area contributed by atoms with E-state index >= 15 is 0 Å². The molecular weight excluding hydrogens is 482 g/mol. The topological polar surface area (TPSA) is 108 Å². The van der Waals surface area contributed by atoms with Crippen molar-refractivity contribution in [3.63, 3.8) is 0 Å². The molecule has 0 aliphatic carbocycles. The summed E-state index contributed by atoms with van der Waals surface area (Å²) in [5, 5.41) is 15.5. The van der Waals surface area contributed by atoms with Crippen LogP contribution in [0.3, 0.4) is 0 Å². The van der Waals surface area contributed by atoms with Crippen molar-refractivity contribution in [1.82, 2.24) is 10.2 Å². The minimum atomic E-state index is -1.05. The zero-order valence-corrected chi connectivity index (χ0v) is 22.2. The number of halogens is 1. The number of aliphatic hydroxyl groups excluding tert-OH is 1. The van der Waals surface area contributed by atoms with Crippen LogP contribution in [0.25, 0.3) is 0 Å². The Morgan fingerprint density at radius 3 is 2.64 bits per heavy atom. The van der Waals surface area contributed by atoms with Gasteiger partial charge in [0.1, 0.15) is 11.6 Å². The van der Waals surface area contributed by atoms with E-state index < -0.39 is 29.1 Å². The number of amides is 3. The van der Waals surface area contributed by atoms with Crippen LogP contribution in [0.2, 0.25) is 5.02 Å². The van der Waals surface area contributed by atoms with Gasteiger partial charge in [-0.1, -0.05) is 43.5 Å². The summed E-state index contributed by atoms with van der Waals surface area (Å²) in [6.07, 6.45) is 5.03. The number of aliphatic hydroxyl groups is 1. The number of hydrogen-bond donors (Lipinski definition) is 3. The van der Waals surface area contributed by atoms with E-state index in [2.05, 4.69) is 10.6 Å². The minimum Gasteiger partial charge on any atom is -0.396 e. The van der Waals surface area contributed by atoms with Crippen LogP contribution in [0.1, 0.15) is 64.4 Å². The van der Waals surface area contributed by atoms with E-state index in [1.165, 1.54) is 0 Å². The average molecular weight is 520 g/mol. The van der Waals surface area contributed by atoms with Gasteiger partial charge < -0.3 is 25.4 Å². The Bertz CT molecular complexity index is 999. The quantitative estimate of drug-likeness (QED) is 0.388. The molecule has 3 saturated heterocycles. The lowest BCUT2D eigenvalue weighted by Crippen LogP contribution is -2.53. The van der Waals surface area contributed by atoms with Gasteiger partial charge in [0.05, 0.1) is 28.1 Å². The molecule has 36 heavy (non-hydrogen) atoms. The second-order valence-corrected chi connectivity index (χ2v) is 11.0. The molecule has 2 bridgehead atoms. The van der Waals surface area contributed by atoms with Crippen molar-refractivity contribution in [2.45, 2.75) is 83.0 Å². The fraction of sp³-hybridized carbons (Fsp3) is 0.667. The minimum absolute atomic E-state index is 0.136. The Hall–Kier alpha value is -2.16. The summed E-state index contributed by atoms with van der Waals surface area (Å²) in [5.41, 5.74) is -0.491. The van der Waals surface area contributed by atoms with Crippen molar-refractivity contribution in [3.8, 4) is 0 Å². The van der Waals surface area contributed by atoms with Gasteiger partial charge in [-0.15, -0.1) is 0 Å². The number of likely N-dealkylation sites (tertiary alicyclic amines) is 1. The largest absolute Gasteiger partial charge is 0.396 e. The van der Waals surface area contributed by atoms with E-state index in [9.17, 15) is 14.4 Å². The fourth-order valence-electron chi connectivity index (χ4n) is 6.46. The molecule has 3 fully saturated rings. The number of nitrogens with zero attached hydrogens (tertiary/aromatic N) is 1. The van der Waals surface area contributed by atoms with Crippen molar-refractivity contribution in [1.29, 1.82) is 0 Å². The molecule has 0 aromatic heterocycles. The Morgan fingerprint density at radius 2 is 1.94 bits per heavy atom. The van der Waals surface area contributed by atoms with Crippen molar-refractivity contribution in [2.24, 2.45) is 11.8 Å². The van der Waals surface area contributed by atoms with Crippen molar-refractivity contribution in [3.05, 3.63) is 28.8 Å². The number of aryl methyl sites for hydroxylation is 1. The number of anilines is 1. The summed E-state index contributed by atoms with van der Waals surface area (Å²) in [6, 6.07) is 4.56. The molecule has 1 aromatic carbocycles. The smallest absolute Gasteiger partial charge is 0.250 e. The Labute approximate surface area is 218 Å². The van der Waals surface area contributed by atoms with E-state index in [1.807, 2.05) is 32.9 Å². The van der Waals surface area contributed by atoms with Gasteiger partial charge in [-0.2, -0.15) is 0 Å². The molecule has 3 aliphatic heterocycles. The number of carbonyl (C=O) groups is 3. The summed E-state index contributed by atoms with van der Waals surface area (Å²) >= 11 is 6.40. The van der Waals surface area contributed by atoms with Gasteiger partial charge in [0, 0.05) is 19.7 Å². The van der Waals surface area contributed by atoms with Crippen LogP contribution in [-0.2, 0) is 19.1 Å². The third-order valence-electron chi connectivity index (χ3n) is 8.13. The fourth-order valence-corrected chi connectivity index (χ4v) is 6.72. The van der Waals surface area contributed by atoms with Gasteiger partial charge in [-0.3, -0.25) is 14.4 Å². The lowest BCUT2D eigenvalue weighted by atomic mass is 9.66. The molecule has 8 nitrogen and oxygen atoms in total. The molecule has 0 saturated carbocycles. The number of unbranched alkanes of at least 4 members (excludes halogenated alkanes) is 3. The molecule has 198 valence electrons. The van der Waals surface area contributed by atoms with E-state index in [0.717, 1.165) is 24.8 Å². The summed E-state index contributed by atoms with van der Waals surface area (Å²) in [7, 11) is 0. The predicted molar refractivity (Wildman–Crippen MR) is 138 cm³/mol. The first-order valence-electron chi connectivity index (χ1n) is 13.2. The lowest BCUT2D eigenvalue weighted by Gasteiger charge is -2.33. The van der Waals surface area contributed by atoms with Crippen molar-refractivity contribution >= 4 is 35.0 Å². The highest BCUT2D eigenvalue weighted by Gasteiger charge is 2.77. The highest BCUT2D eigenvalue weighted by atomic mass is 35.5. The molecule has 1 aromatic rings. The molecule has 4 rings (SSSR count). The highest BCUT2D eigenvalue weighted by molar-refractivity contribution is 6.34. The molecule has 1 spiro atoms. The molecule has 3 heterocycles. The van der Waals surface area contributed by atoms with E-state index in [-0.39, 0.29) is 24.3 Å². The number of fused-ring (bicyclic) bond motifs is 1. The number of rotatable bonds is 11. The SMILES string of the molecule is CCCNC(=O)[C@H]1[C@H]2C(=O)N(CCCCCCO)C(C(=O)Nc3c(C)cccc3Cl)C23CC[C@]1(C)O3. The number of nitrogens with one attached hydrogen (secondary N) is 2. The van der Waals surface area contributed by atoms with E-state index in [0.29, 0.717) is 49.5 Å². The van der Waals surface area contributed by atoms with Gasteiger partial charge >= 0.3 is 0 Å². The maximum absolute atomic E-state index is 13.9. The molecule has 9 heteroatoms. The average Bonchev–Trinajstić information content (AvgIpc) is 3.40. The third kappa shape index (κ3) is 4.52. The second-order valence-electron chi connectivity index (χ2n) is 10.6. The number of para-hydroxylation sites is 1. The van der Waals surface area contributed by atoms with Gasteiger partial charge in [0.2, 0.25) is 17.7 Å². The Balaban J connectivity index is 1.67. The van der Waals surface area contributed by atoms with Crippen LogP contribution < -0.4 is 10.6 Å². The van der Waals surface area contributed by atoms with Crippen molar-refractivity contribution in [2.75, 3.05) is 25.0 Å². The molecular formula is C27H38ClN3O5. The summed E-state index contributed by atoms with van der Waals surface area (Å²) in [5.74, 6) is -2.04. The molecule has 0 radical (unpaired) electrons. The first-order valence-corrected chi connectivity index (χ1v) is 13.5. The molecule has 3 N–H and O–H groups in total. The van der Waals surface area contributed by atoms with Crippen LogP contribution >= 0.6 is 11.6 Å². The third-order valence-corrected chi connectivity index (χ3v) is 8.45. The zero-order chi connectivity index (χ0) is 26.1. The molecule has 2 unspecified atom stereocenters. The maximum atomic E-state index is 13.9. The summed E-state index contributed by atoms with van der Waals surface area (Å²) < 4.78 is 6.61. The molecule has 3 amide bonds. The Morgan fingerprint density at radius 1 is 1.19 bits per heavy atom. The monoisotopic (exact) mass is 519 g/mol. The van der Waals surface area contributed by atoms with Gasteiger partial charge in [-0.25, -0.2) is 0 Å². The van der Waals surface area contributed by atoms with Gasteiger partial charge in [0.15, 0.2) is 0 Å². The molecule has 5 atom stereocenters. The maximum Gasteiger partial charge on any atom is 0.250 e. The summed E-state index contributed by atoms with van der Waals surface area (Å²) in [6.45, 7) is 6.81. The van der Waals surface area contributed by atoms with Crippen LogP contribution in [-0.4, -0.2) is 64.7 Å². The van der Waals surface area contributed by atoms with Gasteiger partial charge in [0.25, 0.3) is 0 Å². The van der Waals surface area contributed by atoms with Crippen LogP contribution in [0, 0.1) is 18.8 Å². The second kappa shape index (κ2) is 10.7. The van der Waals surface area contributed by atoms with Crippen molar-refractivity contribution < 1.29 is 24.2 Å².